The Labute approximate surface area is 97.6 Å². The van der Waals surface area contributed by atoms with Crippen LogP contribution in [-0.4, -0.2) is 10.1 Å². The molecule has 0 atom stereocenters. The lowest BCUT2D eigenvalue weighted by atomic mass is 9.83. The van der Waals surface area contributed by atoms with Crippen LogP contribution in [0.25, 0.3) is 0 Å². The summed E-state index contributed by atoms with van der Waals surface area (Å²) >= 11 is 0. The molecule has 1 aromatic heterocycles. The van der Waals surface area contributed by atoms with Crippen molar-refractivity contribution in [2.75, 3.05) is 0 Å². The van der Waals surface area contributed by atoms with Crippen LogP contribution in [0, 0.1) is 5.92 Å². The molecule has 3 nitrogen and oxygen atoms in total. The zero-order valence-corrected chi connectivity index (χ0v) is 10.8. The van der Waals surface area contributed by atoms with Gasteiger partial charge in [-0.05, 0) is 31.6 Å². The summed E-state index contributed by atoms with van der Waals surface area (Å²) in [6.07, 6.45) is 4.98. The highest BCUT2D eigenvalue weighted by Crippen LogP contribution is 2.35. The minimum absolute atomic E-state index is 0.0102. The van der Waals surface area contributed by atoms with Crippen molar-refractivity contribution in [1.29, 1.82) is 0 Å². The quantitative estimate of drug-likeness (QED) is 0.728. The van der Waals surface area contributed by atoms with E-state index < -0.39 is 0 Å². The van der Waals surface area contributed by atoms with Crippen molar-refractivity contribution in [3.8, 4) is 0 Å². The standard InChI is InChI=1S/C13H22N2O/c1-9-5-7-10(8-6-9)11-14-12(15-16-11)13(2,3)4/h9-10H,5-8H2,1-4H3/t9-,10-. The molecular formula is C13H22N2O. The van der Waals surface area contributed by atoms with Gasteiger partial charge in [-0.3, -0.25) is 0 Å². The molecule has 0 amide bonds. The van der Waals surface area contributed by atoms with Crippen molar-refractivity contribution in [3.05, 3.63) is 11.7 Å². The SMILES string of the molecule is CC(C)(C)c1noc([C@H]2CC[C@H](C)CC2)n1. The first kappa shape index (κ1) is 11.6. The molecule has 0 unspecified atom stereocenters. The third-order valence-electron chi connectivity index (χ3n) is 3.48. The molecule has 1 aliphatic carbocycles. The maximum absolute atomic E-state index is 5.40. The van der Waals surface area contributed by atoms with Gasteiger partial charge < -0.3 is 4.52 Å². The van der Waals surface area contributed by atoms with E-state index in [0.717, 1.165) is 17.6 Å². The molecule has 3 heteroatoms. The molecular weight excluding hydrogens is 200 g/mol. The zero-order chi connectivity index (χ0) is 11.8. The van der Waals surface area contributed by atoms with E-state index in [0.29, 0.717) is 5.92 Å². The average Bonchev–Trinajstić information content (AvgIpc) is 2.67. The minimum atomic E-state index is -0.0102. The van der Waals surface area contributed by atoms with Gasteiger partial charge in [0, 0.05) is 11.3 Å². The van der Waals surface area contributed by atoms with Gasteiger partial charge in [-0.15, -0.1) is 0 Å². The molecule has 1 heterocycles. The van der Waals surface area contributed by atoms with E-state index in [1.807, 2.05) is 0 Å². The fourth-order valence-electron chi connectivity index (χ4n) is 2.21. The fraction of sp³-hybridized carbons (Fsp3) is 0.846. The van der Waals surface area contributed by atoms with Gasteiger partial charge in [0.2, 0.25) is 5.89 Å². The summed E-state index contributed by atoms with van der Waals surface area (Å²) in [6, 6.07) is 0. The Kier molecular flexibility index (Phi) is 3.04. The van der Waals surface area contributed by atoms with Crippen LogP contribution in [0.1, 0.15) is 71.0 Å². The number of nitrogens with zero attached hydrogens (tertiary/aromatic N) is 2. The van der Waals surface area contributed by atoms with Gasteiger partial charge in [-0.2, -0.15) is 4.98 Å². The summed E-state index contributed by atoms with van der Waals surface area (Å²) in [5.74, 6) is 3.05. The number of hydrogen-bond acceptors (Lipinski definition) is 3. The van der Waals surface area contributed by atoms with Crippen LogP contribution >= 0.6 is 0 Å². The Morgan fingerprint density at radius 1 is 1.12 bits per heavy atom. The highest BCUT2D eigenvalue weighted by Gasteiger charge is 2.27. The first-order valence-corrected chi connectivity index (χ1v) is 6.31. The molecule has 1 aromatic rings. The van der Waals surface area contributed by atoms with Gasteiger partial charge >= 0.3 is 0 Å². The van der Waals surface area contributed by atoms with Crippen molar-refractivity contribution in [2.24, 2.45) is 5.92 Å². The molecule has 0 saturated heterocycles. The normalized spacial score (nSPS) is 27.0. The average molecular weight is 222 g/mol. The molecule has 16 heavy (non-hydrogen) atoms. The van der Waals surface area contributed by atoms with Crippen molar-refractivity contribution >= 4 is 0 Å². The maximum atomic E-state index is 5.40. The molecule has 0 bridgehead atoms. The van der Waals surface area contributed by atoms with Crippen LogP contribution in [0.5, 0.6) is 0 Å². The first-order chi connectivity index (χ1) is 7.47. The van der Waals surface area contributed by atoms with Gasteiger partial charge in [-0.1, -0.05) is 32.9 Å². The van der Waals surface area contributed by atoms with Crippen LogP contribution < -0.4 is 0 Å². The number of aromatic nitrogens is 2. The van der Waals surface area contributed by atoms with Crippen LogP contribution in [-0.2, 0) is 5.41 Å². The van der Waals surface area contributed by atoms with E-state index in [2.05, 4.69) is 37.8 Å². The molecule has 2 rings (SSSR count). The Balaban J connectivity index is 2.08. The van der Waals surface area contributed by atoms with E-state index in [1.165, 1.54) is 25.7 Å². The summed E-state index contributed by atoms with van der Waals surface area (Å²) in [5, 5.41) is 4.10. The third-order valence-corrected chi connectivity index (χ3v) is 3.48. The van der Waals surface area contributed by atoms with Crippen LogP contribution in [0.3, 0.4) is 0 Å². The smallest absolute Gasteiger partial charge is 0.229 e. The molecule has 0 aromatic carbocycles. The molecule has 0 aliphatic heterocycles. The summed E-state index contributed by atoms with van der Waals surface area (Å²) < 4.78 is 5.40. The molecule has 1 fully saturated rings. The van der Waals surface area contributed by atoms with Crippen LogP contribution in [0.2, 0.25) is 0 Å². The lowest BCUT2D eigenvalue weighted by Crippen LogP contribution is -2.14. The summed E-state index contributed by atoms with van der Waals surface area (Å²) in [7, 11) is 0. The molecule has 1 aliphatic rings. The van der Waals surface area contributed by atoms with E-state index in [9.17, 15) is 0 Å². The summed E-state index contributed by atoms with van der Waals surface area (Å²) in [4.78, 5) is 4.55. The number of rotatable bonds is 1. The van der Waals surface area contributed by atoms with Crippen molar-refractivity contribution in [3.63, 3.8) is 0 Å². The largest absolute Gasteiger partial charge is 0.339 e. The van der Waals surface area contributed by atoms with Crippen molar-refractivity contribution in [1.82, 2.24) is 10.1 Å². The second-order valence-electron chi connectivity index (χ2n) is 6.16. The Morgan fingerprint density at radius 3 is 2.25 bits per heavy atom. The fourth-order valence-corrected chi connectivity index (χ4v) is 2.21. The molecule has 0 radical (unpaired) electrons. The minimum Gasteiger partial charge on any atom is -0.339 e. The van der Waals surface area contributed by atoms with Gasteiger partial charge in [0.25, 0.3) is 0 Å². The molecule has 1 saturated carbocycles. The van der Waals surface area contributed by atoms with Crippen LogP contribution in [0.4, 0.5) is 0 Å². The van der Waals surface area contributed by atoms with E-state index in [4.69, 9.17) is 4.52 Å². The Morgan fingerprint density at radius 2 is 1.75 bits per heavy atom. The monoisotopic (exact) mass is 222 g/mol. The molecule has 0 spiro atoms. The van der Waals surface area contributed by atoms with E-state index in [1.54, 1.807) is 0 Å². The summed E-state index contributed by atoms with van der Waals surface area (Å²) in [6.45, 7) is 8.67. The molecule has 0 N–H and O–H groups in total. The number of hydrogen-bond donors (Lipinski definition) is 0. The van der Waals surface area contributed by atoms with Gasteiger partial charge in [0.15, 0.2) is 5.82 Å². The van der Waals surface area contributed by atoms with E-state index >= 15 is 0 Å². The second kappa shape index (κ2) is 4.19. The Bertz CT molecular complexity index is 343. The highest BCUT2D eigenvalue weighted by molar-refractivity contribution is 5.03. The zero-order valence-electron chi connectivity index (χ0n) is 10.8. The lowest BCUT2D eigenvalue weighted by molar-refractivity contribution is 0.279. The predicted octanol–water partition coefficient (Wildman–Crippen LogP) is 3.66. The third kappa shape index (κ3) is 2.45. The highest BCUT2D eigenvalue weighted by atomic mass is 16.5. The molecule has 90 valence electrons. The maximum Gasteiger partial charge on any atom is 0.229 e. The van der Waals surface area contributed by atoms with Crippen molar-refractivity contribution < 1.29 is 4.52 Å². The topological polar surface area (TPSA) is 38.9 Å². The first-order valence-electron chi connectivity index (χ1n) is 6.31. The summed E-state index contributed by atoms with van der Waals surface area (Å²) in [5.41, 5.74) is -0.0102. The lowest BCUT2D eigenvalue weighted by Gasteiger charge is -2.23. The second-order valence-corrected chi connectivity index (χ2v) is 6.16. The van der Waals surface area contributed by atoms with Crippen LogP contribution in [0.15, 0.2) is 4.52 Å². The van der Waals surface area contributed by atoms with Gasteiger partial charge in [0.1, 0.15) is 0 Å². The van der Waals surface area contributed by atoms with Gasteiger partial charge in [-0.25, -0.2) is 0 Å². The Hall–Kier alpha value is -0.860. The van der Waals surface area contributed by atoms with Crippen molar-refractivity contribution in [2.45, 2.75) is 64.7 Å². The van der Waals surface area contributed by atoms with E-state index in [-0.39, 0.29) is 5.41 Å². The predicted molar refractivity (Wildman–Crippen MR) is 63.4 cm³/mol. The van der Waals surface area contributed by atoms with Gasteiger partial charge in [0.05, 0.1) is 0 Å².